The Balaban J connectivity index is 1.95. The summed E-state index contributed by atoms with van der Waals surface area (Å²) < 4.78 is 7.16. The van der Waals surface area contributed by atoms with Crippen LogP contribution in [0.5, 0.6) is 0 Å². The molecule has 0 fully saturated rings. The molecule has 132 valence electrons. The van der Waals surface area contributed by atoms with E-state index in [9.17, 15) is 4.79 Å². The average Bonchev–Trinajstić information content (AvgIpc) is 3.16. The number of methoxy groups -OCH3 is 1. The Bertz CT molecular complexity index is 884. The predicted molar refractivity (Wildman–Crippen MR) is 100 cm³/mol. The molecule has 3 aromatic rings. The minimum Gasteiger partial charge on any atom is -0.377 e. The Morgan fingerprint density at radius 2 is 2.12 bits per heavy atom. The summed E-state index contributed by atoms with van der Waals surface area (Å²) in [5.74, 6) is -0.148. The fourth-order valence-electron chi connectivity index (χ4n) is 2.96. The number of hydrogen-bond donors (Lipinski definition) is 1. The van der Waals surface area contributed by atoms with Gasteiger partial charge in [0.1, 0.15) is 17.3 Å². The summed E-state index contributed by atoms with van der Waals surface area (Å²) in [7, 11) is 1.61. The van der Waals surface area contributed by atoms with Gasteiger partial charge in [-0.1, -0.05) is 42.9 Å². The van der Waals surface area contributed by atoms with Gasteiger partial charge in [0.15, 0.2) is 0 Å². The number of anilines is 1. The number of nitrogens with zero attached hydrogens (tertiary/aromatic N) is 3. The molecular weight excluding hydrogens is 336 g/mol. The Morgan fingerprint density at radius 3 is 2.88 bits per heavy atom. The highest BCUT2D eigenvalue weighted by Gasteiger charge is 2.21. The first-order chi connectivity index (χ1) is 12.2. The fourth-order valence-corrected chi connectivity index (χ4v) is 3.67. The molecule has 2 aromatic heterocycles. The number of amides is 1. The number of aryl methyl sites for hydroxylation is 2. The first kappa shape index (κ1) is 17.6. The number of carbonyl (C=O) groups is 1. The van der Waals surface area contributed by atoms with Gasteiger partial charge in [-0.05, 0) is 25.0 Å². The van der Waals surface area contributed by atoms with Gasteiger partial charge in [0.2, 0.25) is 5.13 Å². The van der Waals surface area contributed by atoms with E-state index in [1.807, 2.05) is 19.1 Å². The summed E-state index contributed by atoms with van der Waals surface area (Å²) in [5, 5.41) is 13.3. The van der Waals surface area contributed by atoms with Crippen molar-refractivity contribution in [3.8, 4) is 0 Å². The SMILES string of the molecule is CCCCn1c(C(=O)Nc2nnc(COC)s2)c(C)c2ccccc21. The average molecular weight is 358 g/mol. The molecule has 0 unspecified atom stereocenters. The summed E-state index contributed by atoms with van der Waals surface area (Å²) in [6, 6.07) is 8.14. The van der Waals surface area contributed by atoms with Crippen LogP contribution in [0.4, 0.5) is 5.13 Å². The monoisotopic (exact) mass is 358 g/mol. The molecule has 0 aliphatic carbocycles. The molecular formula is C18H22N4O2S. The van der Waals surface area contributed by atoms with E-state index in [-0.39, 0.29) is 5.91 Å². The molecule has 6 nitrogen and oxygen atoms in total. The largest absolute Gasteiger partial charge is 0.377 e. The summed E-state index contributed by atoms with van der Waals surface area (Å²) >= 11 is 1.33. The lowest BCUT2D eigenvalue weighted by Gasteiger charge is -2.10. The zero-order valence-corrected chi connectivity index (χ0v) is 15.5. The third-order valence-corrected chi connectivity index (χ3v) is 4.94. The lowest BCUT2D eigenvalue weighted by molar-refractivity contribution is 0.101. The molecule has 1 N–H and O–H groups in total. The maximum absolute atomic E-state index is 12.9. The maximum Gasteiger partial charge on any atom is 0.274 e. The minimum absolute atomic E-state index is 0.148. The van der Waals surface area contributed by atoms with Gasteiger partial charge in [-0.2, -0.15) is 0 Å². The lowest BCUT2D eigenvalue weighted by Crippen LogP contribution is -2.18. The van der Waals surface area contributed by atoms with Gasteiger partial charge in [0.05, 0.1) is 0 Å². The molecule has 3 rings (SSSR count). The number of para-hydroxylation sites is 1. The van der Waals surface area contributed by atoms with Gasteiger partial charge in [-0.15, -0.1) is 10.2 Å². The number of aromatic nitrogens is 3. The Kier molecular flexibility index (Phi) is 5.45. The van der Waals surface area contributed by atoms with E-state index >= 15 is 0 Å². The van der Waals surface area contributed by atoms with E-state index < -0.39 is 0 Å². The Labute approximate surface area is 150 Å². The number of fused-ring (bicyclic) bond motifs is 1. The van der Waals surface area contributed by atoms with Crippen LogP contribution in [-0.2, 0) is 17.9 Å². The van der Waals surface area contributed by atoms with Crippen LogP contribution >= 0.6 is 11.3 Å². The molecule has 0 bridgehead atoms. The van der Waals surface area contributed by atoms with Crippen LogP contribution in [0, 0.1) is 6.92 Å². The van der Waals surface area contributed by atoms with Crippen LogP contribution < -0.4 is 5.32 Å². The Morgan fingerprint density at radius 1 is 1.32 bits per heavy atom. The normalized spacial score (nSPS) is 11.2. The number of hydrogen-bond acceptors (Lipinski definition) is 5. The van der Waals surface area contributed by atoms with Crippen molar-refractivity contribution in [1.82, 2.24) is 14.8 Å². The molecule has 0 saturated carbocycles. The van der Waals surface area contributed by atoms with E-state index in [0.29, 0.717) is 17.4 Å². The van der Waals surface area contributed by atoms with Gasteiger partial charge in [-0.3, -0.25) is 10.1 Å². The number of carbonyl (C=O) groups excluding carboxylic acids is 1. The van der Waals surface area contributed by atoms with Crippen LogP contribution in [-0.4, -0.2) is 27.8 Å². The van der Waals surface area contributed by atoms with Gasteiger partial charge in [-0.25, -0.2) is 0 Å². The second-order valence-electron chi connectivity index (χ2n) is 5.88. The van der Waals surface area contributed by atoms with Crippen LogP contribution in [0.25, 0.3) is 10.9 Å². The number of rotatable bonds is 7. The van der Waals surface area contributed by atoms with Crippen LogP contribution in [0.3, 0.4) is 0 Å². The minimum atomic E-state index is -0.148. The summed E-state index contributed by atoms with van der Waals surface area (Å²) in [4.78, 5) is 12.9. The highest BCUT2D eigenvalue weighted by Crippen LogP contribution is 2.27. The summed E-state index contributed by atoms with van der Waals surface area (Å²) in [6.07, 6.45) is 2.10. The van der Waals surface area contributed by atoms with Crippen molar-refractivity contribution in [2.45, 2.75) is 39.8 Å². The van der Waals surface area contributed by atoms with Crippen molar-refractivity contribution in [3.63, 3.8) is 0 Å². The van der Waals surface area contributed by atoms with Crippen molar-refractivity contribution in [3.05, 3.63) is 40.5 Å². The molecule has 0 spiro atoms. The van der Waals surface area contributed by atoms with E-state index in [1.54, 1.807) is 7.11 Å². The van der Waals surface area contributed by atoms with Crippen LogP contribution in [0.2, 0.25) is 0 Å². The highest BCUT2D eigenvalue weighted by atomic mass is 32.1. The molecule has 1 aromatic carbocycles. The van der Waals surface area contributed by atoms with Gasteiger partial charge in [0, 0.05) is 24.6 Å². The molecule has 7 heteroatoms. The predicted octanol–water partition coefficient (Wildman–Crippen LogP) is 4.00. The van der Waals surface area contributed by atoms with Crippen molar-refractivity contribution in [1.29, 1.82) is 0 Å². The number of nitrogens with one attached hydrogen (secondary N) is 1. The first-order valence-corrected chi connectivity index (χ1v) is 9.17. The standard InChI is InChI=1S/C18H22N4O2S/c1-4-5-10-22-14-9-7-6-8-13(14)12(2)16(22)17(23)19-18-21-20-15(25-18)11-24-3/h6-9H,4-5,10-11H2,1-3H3,(H,19,21,23). The zero-order chi connectivity index (χ0) is 17.8. The molecule has 1 amide bonds. The number of unbranched alkanes of at least 4 members (excludes halogenated alkanes) is 1. The van der Waals surface area contributed by atoms with E-state index in [4.69, 9.17) is 4.74 Å². The van der Waals surface area contributed by atoms with Crippen molar-refractivity contribution in [2.24, 2.45) is 0 Å². The van der Waals surface area contributed by atoms with Crippen molar-refractivity contribution < 1.29 is 9.53 Å². The van der Waals surface area contributed by atoms with Crippen molar-refractivity contribution in [2.75, 3.05) is 12.4 Å². The molecule has 25 heavy (non-hydrogen) atoms. The molecule has 0 aliphatic rings. The summed E-state index contributed by atoms with van der Waals surface area (Å²) in [5.41, 5.74) is 2.78. The van der Waals surface area contributed by atoms with E-state index in [0.717, 1.165) is 40.9 Å². The quantitative estimate of drug-likeness (QED) is 0.693. The van der Waals surface area contributed by atoms with Crippen LogP contribution in [0.15, 0.2) is 24.3 Å². The van der Waals surface area contributed by atoms with E-state index in [2.05, 4.69) is 39.1 Å². The van der Waals surface area contributed by atoms with Gasteiger partial charge >= 0.3 is 0 Å². The molecule has 0 saturated heterocycles. The third-order valence-electron chi connectivity index (χ3n) is 4.13. The highest BCUT2D eigenvalue weighted by molar-refractivity contribution is 7.15. The maximum atomic E-state index is 12.9. The van der Waals surface area contributed by atoms with Crippen LogP contribution in [0.1, 0.15) is 40.8 Å². The Hall–Kier alpha value is -2.25. The number of ether oxygens (including phenoxy) is 1. The van der Waals surface area contributed by atoms with Gasteiger partial charge < -0.3 is 9.30 Å². The van der Waals surface area contributed by atoms with Crippen molar-refractivity contribution >= 4 is 33.3 Å². The second-order valence-corrected chi connectivity index (χ2v) is 6.95. The fraction of sp³-hybridized carbons (Fsp3) is 0.389. The lowest BCUT2D eigenvalue weighted by atomic mass is 10.1. The summed E-state index contributed by atoms with van der Waals surface area (Å²) in [6.45, 7) is 5.36. The number of benzene rings is 1. The van der Waals surface area contributed by atoms with Gasteiger partial charge in [0.25, 0.3) is 5.91 Å². The molecule has 2 heterocycles. The zero-order valence-electron chi connectivity index (χ0n) is 14.7. The smallest absolute Gasteiger partial charge is 0.274 e. The van der Waals surface area contributed by atoms with E-state index in [1.165, 1.54) is 11.3 Å². The molecule has 0 atom stereocenters. The first-order valence-electron chi connectivity index (χ1n) is 8.36. The second kappa shape index (κ2) is 7.76. The molecule has 0 aliphatic heterocycles. The third kappa shape index (κ3) is 3.57. The molecule has 0 radical (unpaired) electrons. The topological polar surface area (TPSA) is 69.0 Å².